The number of halogens is 1. The molecule has 0 atom stereocenters. The highest BCUT2D eigenvalue weighted by molar-refractivity contribution is 14.2. The molecule has 0 saturated carbocycles. The third-order valence-corrected chi connectivity index (χ3v) is 4.97. The van der Waals surface area contributed by atoms with E-state index >= 15 is 0 Å². The van der Waals surface area contributed by atoms with E-state index in [1.807, 2.05) is 0 Å². The highest BCUT2D eigenvalue weighted by Gasteiger charge is 2.13. The van der Waals surface area contributed by atoms with Gasteiger partial charge in [-0.05, 0) is 35.4 Å². The minimum Gasteiger partial charge on any atom is -0.0955 e. The van der Waals surface area contributed by atoms with Crippen molar-refractivity contribution < 1.29 is 0 Å². The van der Waals surface area contributed by atoms with Crippen molar-refractivity contribution in [2.75, 3.05) is 0 Å². The molecule has 0 saturated heterocycles. The van der Waals surface area contributed by atoms with Gasteiger partial charge in [0.15, 0.2) is 0 Å². The maximum absolute atomic E-state index is 4.19. The van der Waals surface area contributed by atoms with Gasteiger partial charge in [0.1, 0.15) is 0 Å². The molecule has 17 heavy (non-hydrogen) atoms. The van der Waals surface area contributed by atoms with Gasteiger partial charge in [0.25, 0.3) is 0 Å². The first-order chi connectivity index (χ1) is 7.88. The fourth-order valence-corrected chi connectivity index (χ4v) is 4.13. The highest BCUT2D eigenvalue weighted by atomic mass is 127. The van der Waals surface area contributed by atoms with Crippen molar-refractivity contribution in [3.8, 4) is 0 Å². The average Bonchev–Trinajstić information content (AvgIpc) is 2.26. The Morgan fingerprint density at radius 2 is 1.71 bits per heavy atom. The Morgan fingerprint density at radius 3 is 2.06 bits per heavy atom. The van der Waals surface area contributed by atoms with Crippen LogP contribution < -0.4 is 0 Å². The fourth-order valence-electron chi connectivity index (χ4n) is 1.88. The summed E-state index contributed by atoms with van der Waals surface area (Å²) in [5.74, 6) is 1.14. The zero-order chi connectivity index (χ0) is 13.2. The van der Waals surface area contributed by atoms with Crippen LogP contribution in [0.25, 0.3) is 5.57 Å². The van der Waals surface area contributed by atoms with Gasteiger partial charge in [0, 0.05) is 3.57 Å². The molecule has 1 rings (SSSR count). The van der Waals surface area contributed by atoms with E-state index in [9.17, 15) is 0 Å². The summed E-state index contributed by atoms with van der Waals surface area (Å²) >= 11 is -0.145. The molecule has 0 aliphatic rings. The van der Waals surface area contributed by atoms with Crippen molar-refractivity contribution in [2.45, 2.75) is 46.5 Å². The summed E-state index contributed by atoms with van der Waals surface area (Å²) in [6.07, 6.45) is 0. The zero-order valence-electron chi connectivity index (χ0n) is 11.6. The summed E-state index contributed by atoms with van der Waals surface area (Å²) < 4.78 is 5.67. The lowest BCUT2D eigenvalue weighted by atomic mass is 9.91. The molecule has 0 aromatic heterocycles. The minimum absolute atomic E-state index is 0.145. The van der Waals surface area contributed by atoms with Crippen molar-refractivity contribution in [3.63, 3.8) is 0 Å². The SMILES string of the molecule is C=Ic1c(C(=C)C)cc(C(C)C)cc1C(C)C. The van der Waals surface area contributed by atoms with Crippen LogP contribution in [0.5, 0.6) is 0 Å². The Balaban J connectivity index is 3.57. The quantitative estimate of drug-likeness (QED) is 0.631. The Morgan fingerprint density at radius 1 is 1.12 bits per heavy atom. The molecule has 0 radical (unpaired) electrons. The van der Waals surface area contributed by atoms with E-state index in [1.165, 1.54) is 25.8 Å². The fraction of sp³-hybridized carbons (Fsp3) is 0.438. The Hall–Kier alpha value is -0.440. The number of rotatable bonds is 4. The van der Waals surface area contributed by atoms with Crippen LogP contribution in [0.2, 0.25) is 0 Å². The molecule has 0 spiro atoms. The van der Waals surface area contributed by atoms with Gasteiger partial charge in [-0.1, -0.05) is 77.2 Å². The lowest BCUT2D eigenvalue weighted by Gasteiger charge is -2.18. The molecular formula is C16H23I. The largest absolute Gasteiger partial charge is 0.0955 e. The van der Waals surface area contributed by atoms with E-state index < -0.39 is 0 Å². The molecule has 0 aliphatic heterocycles. The lowest BCUT2D eigenvalue weighted by molar-refractivity contribution is 0.828. The molecule has 94 valence electrons. The molecule has 0 amide bonds. The standard InChI is InChI=1S/C16H23I/c1-10(2)13-8-14(11(3)4)16(17-7)15(9-13)12(5)6/h8-10,12H,3,7H2,1-2,4-6H3. The third kappa shape index (κ3) is 3.27. The molecule has 0 unspecified atom stereocenters. The summed E-state index contributed by atoms with van der Waals surface area (Å²) in [6.45, 7) is 15.3. The number of hydrogen-bond acceptors (Lipinski definition) is 0. The predicted octanol–water partition coefficient (Wildman–Crippen LogP) is 5.54. The average molecular weight is 342 g/mol. The van der Waals surface area contributed by atoms with E-state index in [-0.39, 0.29) is 20.7 Å². The van der Waals surface area contributed by atoms with Crippen LogP contribution in [0.1, 0.15) is 63.1 Å². The van der Waals surface area contributed by atoms with Gasteiger partial charge in [-0.15, -0.1) is 0 Å². The van der Waals surface area contributed by atoms with Gasteiger partial charge in [0.05, 0.1) is 0 Å². The maximum Gasteiger partial charge on any atom is 0.0181 e. The molecule has 1 heteroatoms. The van der Waals surface area contributed by atoms with E-state index in [2.05, 4.69) is 57.8 Å². The monoisotopic (exact) mass is 342 g/mol. The smallest absolute Gasteiger partial charge is 0.0181 e. The molecule has 1 aromatic rings. The number of benzene rings is 1. The Bertz CT molecular complexity index is 439. The molecule has 1 aromatic carbocycles. The Kier molecular flexibility index (Phi) is 5.11. The van der Waals surface area contributed by atoms with Crippen LogP contribution in [0.3, 0.4) is 0 Å². The van der Waals surface area contributed by atoms with Gasteiger partial charge in [-0.25, -0.2) is 0 Å². The van der Waals surface area contributed by atoms with Crippen LogP contribution in [0.15, 0.2) is 18.7 Å². The summed E-state index contributed by atoms with van der Waals surface area (Å²) in [6, 6.07) is 4.70. The van der Waals surface area contributed by atoms with Gasteiger partial charge >= 0.3 is 0 Å². The van der Waals surface area contributed by atoms with Crippen LogP contribution in [-0.4, -0.2) is 4.51 Å². The molecule has 0 fully saturated rings. The van der Waals surface area contributed by atoms with E-state index in [1.54, 1.807) is 0 Å². The van der Waals surface area contributed by atoms with Crippen molar-refractivity contribution in [1.29, 1.82) is 0 Å². The topological polar surface area (TPSA) is 0 Å². The van der Waals surface area contributed by atoms with E-state index in [0.717, 1.165) is 0 Å². The molecule has 0 aliphatic carbocycles. The van der Waals surface area contributed by atoms with Crippen LogP contribution in [0.4, 0.5) is 0 Å². The first-order valence-corrected chi connectivity index (χ1v) is 8.71. The lowest BCUT2D eigenvalue weighted by Crippen LogP contribution is -2.01. The van der Waals surface area contributed by atoms with E-state index in [0.29, 0.717) is 11.8 Å². The summed E-state index contributed by atoms with van der Waals surface area (Å²) in [5.41, 5.74) is 5.43. The van der Waals surface area contributed by atoms with Crippen molar-refractivity contribution in [2.24, 2.45) is 0 Å². The summed E-state index contributed by atoms with van der Waals surface area (Å²) in [4.78, 5) is 0. The minimum atomic E-state index is -0.145. The molecule has 0 N–H and O–H groups in total. The number of hydrogen-bond donors (Lipinski definition) is 0. The predicted molar refractivity (Wildman–Crippen MR) is 89.2 cm³/mol. The van der Waals surface area contributed by atoms with Gasteiger partial charge in [0.2, 0.25) is 0 Å². The maximum atomic E-state index is 4.19. The van der Waals surface area contributed by atoms with Crippen LogP contribution in [-0.2, 0) is 0 Å². The first kappa shape index (κ1) is 14.6. The second kappa shape index (κ2) is 5.94. The molecule has 0 nitrogen and oxygen atoms in total. The summed E-state index contributed by atoms with van der Waals surface area (Å²) in [7, 11) is 0. The van der Waals surface area contributed by atoms with Crippen molar-refractivity contribution in [1.82, 2.24) is 0 Å². The second-order valence-corrected chi connectivity index (χ2v) is 7.04. The molecular weight excluding hydrogens is 319 g/mol. The van der Waals surface area contributed by atoms with Gasteiger partial charge in [-0.3, -0.25) is 0 Å². The van der Waals surface area contributed by atoms with Gasteiger partial charge in [-0.2, -0.15) is 0 Å². The molecule has 0 bridgehead atoms. The van der Waals surface area contributed by atoms with Gasteiger partial charge < -0.3 is 0 Å². The third-order valence-electron chi connectivity index (χ3n) is 3.01. The highest BCUT2D eigenvalue weighted by Crippen LogP contribution is 2.33. The second-order valence-electron chi connectivity index (χ2n) is 5.20. The first-order valence-electron chi connectivity index (χ1n) is 6.10. The zero-order valence-corrected chi connectivity index (χ0v) is 13.8. The Labute approximate surface area is 116 Å². The van der Waals surface area contributed by atoms with Crippen LogP contribution >= 0.6 is 20.7 Å². The summed E-state index contributed by atoms with van der Waals surface area (Å²) in [5, 5.41) is 0. The van der Waals surface area contributed by atoms with Crippen molar-refractivity contribution in [3.05, 3.63) is 39.0 Å². The number of allylic oxidation sites excluding steroid dienone is 1. The van der Waals surface area contributed by atoms with E-state index in [4.69, 9.17) is 0 Å². The van der Waals surface area contributed by atoms with Crippen LogP contribution in [0, 0.1) is 3.57 Å². The normalized spacial score (nSPS) is 11.2. The van der Waals surface area contributed by atoms with Crippen molar-refractivity contribution >= 4 is 30.8 Å². The molecule has 0 heterocycles.